The molecule has 0 aliphatic carbocycles. The van der Waals surface area contributed by atoms with Gasteiger partial charge in [0.1, 0.15) is 0 Å². The average molecular weight is 271 g/mol. The lowest BCUT2D eigenvalue weighted by atomic mass is 10.3. The molecular formula is C8H13N7S2+2. The molecule has 3 aliphatic heterocycles. The smallest absolute Gasteiger partial charge is 0.321 e. The molecule has 0 amide bonds. The number of hydrazone groups is 3. The van der Waals surface area contributed by atoms with Crippen LogP contribution in [0.2, 0.25) is 0 Å². The van der Waals surface area contributed by atoms with Crippen molar-refractivity contribution in [2.75, 3.05) is 7.05 Å². The second kappa shape index (κ2) is 3.39. The van der Waals surface area contributed by atoms with Crippen LogP contribution in [0, 0.1) is 0 Å². The Balaban J connectivity index is 2.16. The molecule has 4 N–H and O–H groups in total. The number of amidine groups is 2. The Morgan fingerprint density at radius 3 is 2.18 bits per heavy atom. The standard InChI is InChI=1S/C8H11N7S2/c1-4-5(2)15-8(17-7(11-9)13-15)14(4)12-6(10-3)16-8/h9H,1-3H3,(H,10,12)/p+2. The first-order chi connectivity index (χ1) is 8.12. The fraction of sp³-hybridized carbons (Fsp3) is 0.500. The highest BCUT2D eigenvalue weighted by molar-refractivity contribution is 8.30. The van der Waals surface area contributed by atoms with Gasteiger partial charge in [-0.05, 0) is 9.37 Å². The molecule has 0 aromatic rings. The molecule has 7 nitrogen and oxygen atoms in total. The van der Waals surface area contributed by atoms with Crippen molar-refractivity contribution in [1.29, 1.82) is 0 Å². The maximum atomic E-state index is 5.35. The van der Waals surface area contributed by atoms with E-state index >= 15 is 0 Å². The number of nitrogens with one attached hydrogen (secondary N) is 2. The summed E-state index contributed by atoms with van der Waals surface area (Å²) in [6, 6.07) is 0. The summed E-state index contributed by atoms with van der Waals surface area (Å²) in [6.07, 6.45) is 0. The third kappa shape index (κ3) is 1.20. The summed E-state index contributed by atoms with van der Waals surface area (Å²) in [5.74, 6) is 5.35. The first kappa shape index (κ1) is 10.9. The van der Waals surface area contributed by atoms with Gasteiger partial charge in [0.15, 0.2) is 0 Å². The van der Waals surface area contributed by atoms with E-state index in [1.165, 1.54) is 0 Å². The van der Waals surface area contributed by atoms with Crippen LogP contribution >= 0.6 is 23.5 Å². The number of aliphatic imine (C=N–C) groups is 1. The van der Waals surface area contributed by atoms with E-state index in [-0.39, 0.29) is 4.33 Å². The van der Waals surface area contributed by atoms with E-state index in [4.69, 9.17) is 5.84 Å². The summed E-state index contributed by atoms with van der Waals surface area (Å²) in [7, 11) is 1.77. The minimum Gasteiger partial charge on any atom is -0.321 e. The van der Waals surface area contributed by atoms with Gasteiger partial charge in [-0.3, -0.25) is 4.99 Å². The number of thioether (sulfide) groups is 2. The lowest BCUT2D eigenvalue weighted by Gasteiger charge is -2.01. The van der Waals surface area contributed by atoms with Crippen molar-refractivity contribution in [2.45, 2.75) is 18.2 Å². The Kier molecular flexibility index (Phi) is 2.17. The zero-order chi connectivity index (χ0) is 12.2. The molecule has 1 spiro atoms. The molecule has 90 valence electrons. The van der Waals surface area contributed by atoms with Crippen molar-refractivity contribution < 1.29 is 9.37 Å². The minimum absolute atomic E-state index is 0.332. The molecule has 0 bridgehead atoms. The zero-order valence-electron chi connectivity index (χ0n) is 9.68. The Labute approximate surface area is 107 Å². The van der Waals surface area contributed by atoms with Crippen molar-refractivity contribution >= 4 is 45.3 Å². The molecule has 3 heterocycles. The van der Waals surface area contributed by atoms with E-state index < -0.39 is 0 Å². The Morgan fingerprint density at radius 2 is 1.65 bits per heavy atom. The summed E-state index contributed by atoms with van der Waals surface area (Å²) in [5.41, 5.74) is 8.78. The van der Waals surface area contributed by atoms with E-state index in [0.29, 0.717) is 5.17 Å². The van der Waals surface area contributed by atoms with Crippen LogP contribution in [-0.4, -0.2) is 42.5 Å². The molecular weight excluding hydrogens is 258 g/mol. The van der Waals surface area contributed by atoms with Gasteiger partial charge in [0.25, 0.3) is 16.6 Å². The summed E-state index contributed by atoms with van der Waals surface area (Å²) in [6.45, 7) is 4.14. The van der Waals surface area contributed by atoms with Gasteiger partial charge < -0.3 is 5.84 Å². The van der Waals surface area contributed by atoms with Crippen LogP contribution in [0.15, 0.2) is 10.1 Å². The van der Waals surface area contributed by atoms with Gasteiger partial charge in [0, 0.05) is 20.9 Å². The van der Waals surface area contributed by atoms with Crippen LogP contribution in [-0.2, 0) is 0 Å². The third-order valence-electron chi connectivity index (χ3n) is 2.95. The van der Waals surface area contributed by atoms with Gasteiger partial charge in [-0.25, -0.2) is 0 Å². The molecule has 0 saturated carbocycles. The number of rotatable bonds is 0. The van der Waals surface area contributed by atoms with E-state index in [2.05, 4.69) is 44.2 Å². The number of nitrogens with two attached hydrogens (primary N) is 1. The van der Waals surface area contributed by atoms with Crippen LogP contribution in [0.3, 0.4) is 0 Å². The fourth-order valence-electron chi connectivity index (χ4n) is 2.00. The molecule has 0 aromatic carbocycles. The maximum Gasteiger partial charge on any atom is 0.518 e. The highest BCUT2D eigenvalue weighted by atomic mass is 32.2. The largest absolute Gasteiger partial charge is 0.518 e. The average Bonchev–Trinajstić information content (AvgIpc) is 2.93. The van der Waals surface area contributed by atoms with Crippen LogP contribution < -0.4 is 16.7 Å². The molecule has 3 aliphatic rings. The summed E-state index contributed by atoms with van der Waals surface area (Å²) < 4.78 is 3.82. The van der Waals surface area contributed by atoms with E-state index in [0.717, 1.165) is 16.6 Å². The summed E-state index contributed by atoms with van der Waals surface area (Å²) in [5, 5.41) is 5.32. The molecule has 17 heavy (non-hydrogen) atoms. The predicted molar refractivity (Wildman–Crippen MR) is 71.0 cm³/mol. The highest BCUT2D eigenvalue weighted by Crippen LogP contribution is 2.47. The normalized spacial score (nSPS) is 35.5. The van der Waals surface area contributed by atoms with Crippen molar-refractivity contribution in [1.82, 2.24) is 10.9 Å². The second-order valence-corrected chi connectivity index (χ2v) is 6.36. The highest BCUT2D eigenvalue weighted by Gasteiger charge is 2.74. The first-order valence-corrected chi connectivity index (χ1v) is 6.69. The Hall–Kier alpha value is -1.22. The van der Waals surface area contributed by atoms with Gasteiger partial charge >= 0.3 is 4.33 Å². The van der Waals surface area contributed by atoms with Gasteiger partial charge in [-0.2, -0.15) is 5.10 Å². The minimum atomic E-state index is -0.332. The number of hydrogen-bond acceptors (Lipinski definition) is 5. The summed E-state index contributed by atoms with van der Waals surface area (Å²) in [4.78, 5) is 4.20. The fourth-order valence-corrected chi connectivity index (χ4v) is 4.66. The monoisotopic (exact) mass is 271 g/mol. The molecule has 2 fully saturated rings. The molecule has 9 heteroatoms. The molecule has 2 saturated heterocycles. The maximum absolute atomic E-state index is 5.35. The SMILES string of the molecule is CN=C1N[N+]2=C(C)C(C)=[N+]3N/C(=N\N)SC23S1. The zero-order valence-corrected chi connectivity index (χ0v) is 11.3. The van der Waals surface area contributed by atoms with Crippen molar-refractivity contribution in [3.05, 3.63) is 0 Å². The van der Waals surface area contributed by atoms with Gasteiger partial charge in [-0.1, -0.05) is 0 Å². The Bertz CT molecular complexity index is 482. The predicted octanol–water partition coefficient (Wildman–Crippen LogP) is -0.724. The van der Waals surface area contributed by atoms with Gasteiger partial charge in [-0.15, -0.1) is 10.9 Å². The lowest BCUT2D eigenvalue weighted by molar-refractivity contribution is -0.779. The van der Waals surface area contributed by atoms with Crippen LogP contribution in [0.5, 0.6) is 0 Å². The first-order valence-electron chi connectivity index (χ1n) is 5.06. The molecule has 1 atom stereocenters. The number of nitrogens with zero attached hydrogens (tertiary/aromatic N) is 4. The topological polar surface area (TPSA) is 80.8 Å². The molecule has 1 unspecified atom stereocenters. The van der Waals surface area contributed by atoms with E-state index in [1.54, 1.807) is 30.6 Å². The molecule has 3 rings (SSSR count). The van der Waals surface area contributed by atoms with Crippen LogP contribution in [0.25, 0.3) is 0 Å². The van der Waals surface area contributed by atoms with Crippen LogP contribution in [0.1, 0.15) is 13.8 Å². The van der Waals surface area contributed by atoms with Crippen molar-refractivity contribution in [2.24, 2.45) is 15.9 Å². The number of hydrogen-bond donors (Lipinski definition) is 3. The number of hydrazine groups is 2. The molecule has 0 aromatic heterocycles. The van der Waals surface area contributed by atoms with Gasteiger partial charge in [0.2, 0.25) is 5.17 Å². The van der Waals surface area contributed by atoms with E-state index in [1.807, 2.05) is 0 Å². The van der Waals surface area contributed by atoms with Crippen molar-refractivity contribution in [3.63, 3.8) is 0 Å². The molecule has 0 radical (unpaired) electrons. The Morgan fingerprint density at radius 1 is 1.12 bits per heavy atom. The van der Waals surface area contributed by atoms with Crippen LogP contribution in [0.4, 0.5) is 0 Å². The third-order valence-corrected chi connectivity index (χ3v) is 5.57. The van der Waals surface area contributed by atoms with E-state index in [9.17, 15) is 0 Å². The quantitative estimate of drug-likeness (QED) is 0.308. The van der Waals surface area contributed by atoms with Crippen molar-refractivity contribution in [3.8, 4) is 0 Å². The van der Waals surface area contributed by atoms with Gasteiger partial charge in [0.05, 0.1) is 23.5 Å². The summed E-state index contributed by atoms with van der Waals surface area (Å²) >= 11 is 3.21. The lowest BCUT2D eigenvalue weighted by Crippen LogP contribution is -2.42. The second-order valence-electron chi connectivity index (χ2n) is 3.78.